The number of aromatic hydroxyl groups is 1. The van der Waals surface area contributed by atoms with Gasteiger partial charge in [-0.3, -0.25) is 0 Å². The van der Waals surface area contributed by atoms with Crippen LogP contribution >= 0.6 is 0 Å². The molecule has 0 saturated heterocycles. The van der Waals surface area contributed by atoms with E-state index < -0.39 is 0 Å². The van der Waals surface area contributed by atoms with Crippen molar-refractivity contribution in [1.29, 1.82) is 0 Å². The summed E-state index contributed by atoms with van der Waals surface area (Å²) < 4.78 is 0. The van der Waals surface area contributed by atoms with Crippen LogP contribution in [-0.2, 0) is 4.79 Å². The Morgan fingerprint density at radius 1 is 1.53 bits per heavy atom. The van der Waals surface area contributed by atoms with Crippen molar-refractivity contribution in [3.05, 3.63) is 23.8 Å². The summed E-state index contributed by atoms with van der Waals surface area (Å²) in [5.74, 6) is 0.623. The Kier molecular flexibility index (Phi) is 3.09. The number of Topliss-reactive ketones (excluding diaryl/α,β-unsaturated/α-hetero) is 1. The number of phenols is 1. The van der Waals surface area contributed by atoms with E-state index in [0.29, 0.717) is 18.2 Å². The van der Waals surface area contributed by atoms with E-state index in [2.05, 4.69) is 18.7 Å². The summed E-state index contributed by atoms with van der Waals surface area (Å²) in [7, 11) is 0. The fraction of sp³-hybridized carbons (Fsp3) is 0.500. The third-order valence-electron chi connectivity index (χ3n) is 3.35. The monoisotopic (exact) mass is 233 g/mol. The van der Waals surface area contributed by atoms with Crippen LogP contribution < -0.4 is 4.90 Å². The largest absolute Gasteiger partial charge is 0.508 e. The number of hydrogen-bond acceptors (Lipinski definition) is 3. The molecule has 92 valence electrons. The van der Waals surface area contributed by atoms with Gasteiger partial charge in [-0.25, -0.2) is 0 Å². The van der Waals surface area contributed by atoms with Crippen molar-refractivity contribution < 1.29 is 9.90 Å². The number of benzene rings is 1. The van der Waals surface area contributed by atoms with Gasteiger partial charge in [0, 0.05) is 36.2 Å². The molecule has 0 aliphatic carbocycles. The number of anilines is 1. The Balaban J connectivity index is 2.41. The lowest BCUT2D eigenvalue weighted by molar-refractivity contribution is -0.117. The average molecular weight is 233 g/mol. The molecule has 0 bridgehead atoms. The number of nitrogens with zero attached hydrogens (tertiary/aromatic N) is 1. The van der Waals surface area contributed by atoms with E-state index in [1.54, 1.807) is 13.0 Å². The molecule has 1 aliphatic rings. The molecule has 1 aliphatic heterocycles. The van der Waals surface area contributed by atoms with Crippen LogP contribution in [0.3, 0.4) is 0 Å². The maximum absolute atomic E-state index is 11.3. The van der Waals surface area contributed by atoms with Gasteiger partial charge in [0.25, 0.3) is 0 Å². The SMILES string of the molecule is CC(=O)CC1CN(C(C)C)c2cccc(O)c21. The molecule has 1 unspecified atom stereocenters. The second kappa shape index (κ2) is 4.40. The quantitative estimate of drug-likeness (QED) is 0.872. The van der Waals surface area contributed by atoms with Gasteiger partial charge in [0.05, 0.1) is 0 Å². The number of fused-ring (bicyclic) bond motifs is 1. The molecule has 17 heavy (non-hydrogen) atoms. The summed E-state index contributed by atoms with van der Waals surface area (Å²) in [6.07, 6.45) is 0.508. The van der Waals surface area contributed by atoms with Crippen molar-refractivity contribution in [1.82, 2.24) is 0 Å². The minimum absolute atomic E-state index is 0.131. The number of ketones is 1. The summed E-state index contributed by atoms with van der Waals surface area (Å²) in [5, 5.41) is 9.98. The normalized spacial score (nSPS) is 18.6. The molecule has 2 rings (SSSR count). The van der Waals surface area contributed by atoms with Gasteiger partial charge >= 0.3 is 0 Å². The van der Waals surface area contributed by atoms with Gasteiger partial charge in [-0.2, -0.15) is 0 Å². The third kappa shape index (κ3) is 2.14. The van der Waals surface area contributed by atoms with E-state index in [1.165, 1.54) is 0 Å². The molecule has 1 aromatic carbocycles. The maximum Gasteiger partial charge on any atom is 0.130 e. The minimum atomic E-state index is 0.131. The van der Waals surface area contributed by atoms with Crippen molar-refractivity contribution in [2.75, 3.05) is 11.4 Å². The maximum atomic E-state index is 11.3. The Morgan fingerprint density at radius 3 is 2.82 bits per heavy atom. The van der Waals surface area contributed by atoms with Gasteiger partial charge in [0.2, 0.25) is 0 Å². The average Bonchev–Trinajstić information content (AvgIpc) is 2.57. The Bertz CT molecular complexity index is 440. The van der Waals surface area contributed by atoms with Crippen molar-refractivity contribution >= 4 is 11.5 Å². The van der Waals surface area contributed by atoms with Crippen molar-refractivity contribution in [2.24, 2.45) is 0 Å². The van der Waals surface area contributed by atoms with Gasteiger partial charge in [-0.15, -0.1) is 0 Å². The lowest BCUT2D eigenvalue weighted by Crippen LogP contribution is -2.29. The van der Waals surface area contributed by atoms with Crippen LogP contribution in [0.4, 0.5) is 5.69 Å². The second-order valence-corrected chi connectivity index (χ2v) is 5.06. The van der Waals surface area contributed by atoms with Crippen LogP contribution in [0.2, 0.25) is 0 Å². The van der Waals surface area contributed by atoms with Gasteiger partial charge in [0.15, 0.2) is 0 Å². The first-order valence-electron chi connectivity index (χ1n) is 6.08. The van der Waals surface area contributed by atoms with E-state index in [4.69, 9.17) is 0 Å². The van der Waals surface area contributed by atoms with E-state index in [0.717, 1.165) is 17.8 Å². The number of phenolic OH excluding ortho intramolecular Hbond substituents is 1. The predicted molar refractivity (Wildman–Crippen MR) is 68.6 cm³/mol. The first-order valence-corrected chi connectivity index (χ1v) is 6.08. The van der Waals surface area contributed by atoms with Gasteiger partial charge < -0.3 is 14.8 Å². The van der Waals surface area contributed by atoms with Gasteiger partial charge in [-0.1, -0.05) is 6.07 Å². The highest BCUT2D eigenvalue weighted by Gasteiger charge is 2.32. The fourth-order valence-corrected chi connectivity index (χ4v) is 2.64. The van der Waals surface area contributed by atoms with Gasteiger partial charge in [0.1, 0.15) is 11.5 Å². The summed E-state index contributed by atoms with van der Waals surface area (Å²) >= 11 is 0. The molecular formula is C14H19NO2. The highest BCUT2D eigenvalue weighted by atomic mass is 16.3. The van der Waals surface area contributed by atoms with Crippen LogP contribution in [0.25, 0.3) is 0 Å². The first-order chi connectivity index (χ1) is 8.00. The lowest BCUT2D eigenvalue weighted by Gasteiger charge is -2.24. The number of hydrogen-bond donors (Lipinski definition) is 1. The molecule has 0 radical (unpaired) electrons. The highest BCUT2D eigenvalue weighted by molar-refractivity contribution is 5.78. The molecule has 0 fully saturated rings. The summed E-state index contributed by atoms with van der Waals surface area (Å²) in [4.78, 5) is 13.5. The Labute approximate surface area is 102 Å². The van der Waals surface area contributed by atoms with Crippen molar-refractivity contribution in [3.63, 3.8) is 0 Å². The molecule has 0 amide bonds. The van der Waals surface area contributed by atoms with E-state index >= 15 is 0 Å². The summed E-state index contributed by atoms with van der Waals surface area (Å²) in [6, 6.07) is 5.97. The van der Waals surface area contributed by atoms with E-state index in [9.17, 15) is 9.90 Å². The smallest absolute Gasteiger partial charge is 0.130 e. The Hall–Kier alpha value is -1.51. The van der Waals surface area contributed by atoms with Crippen molar-refractivity contribution in [3.8, 4) is 5.75 Å². The highest BCUT2D eigenvalue weighted by Crippen LogP contribution is 2.43. The van der Waals surface area contributed by atoms with Crippen molar-refractivity contribution in [2.45, 2.75) is 39.2 Å². The van der Waals surface area contributed by atoms with Crippen LogP contribution in [0.5, 0.6) is 5.75 Å². The molecule has 1 N–H and O–H groups in total. The molecule has 3 heteroatoms. The molecule has 3 nitrogen and oxygen atoms in total. The number of carbonyl (C=O) groups excluding carboxylic acids is 1. The standard InChI is InChI=1S/C14H19NO2/c1-9(2)15-8-11(7-10(3)16)14-12(15)5-4-6-13(14)17/h4-6,9,11,17H,7-8H2,1-3H3. The zero-order valence-electron chi connectivity index (χ0n) is 10.6. The van der Waals surface area contributed by atoms with Crippen LogP contribution in [0.1, 0.15) is 38.7 Å². The minimum Gasteiger partial charge on any atom is -0.508 e. The second-order valence-electron chi connectivity index (χ2n) is 5.06. The predicted octanol–water partition coefficient (Wildman–Crippen LogP) is 2.68. The van der Waals surface area contributed by atoms with Crippen LogP contribution in [-0.4, -0.2) is 23.5 Å². The molecule has 1 aromatic rings. The van der Waals surface area contributed by atoms with Gasteiger partial charge in [-0.05, 0) is 32.9 Å². The molecule has 0 aromatic heterocycles. The third-order valence-corrected chi connectivity index (χ3v) is 3.35. The van der Waals surface area contributed by atoms with E-state index in [-0.39, 0.29) is 11.7 Å². The summed E-state index contributed by atoms with van der Waals surface area (Å²) in [5.41, 5.74) is 2.02. The molecule has 1 atom stereocenters. The number of rotatable bonds is 3. The zero-order valence-corrected chi connectivity index (χ0v) is 10.6. The van der Waals surface area contributed by atoms with Crippen LogP contribution in [0, 0.1) is 0 Å². The first kappa shape index (κ1) is 12.0. The molecular weight excluding hydrogens is 214 g/mol. The topological polar surface area (TPSA) is 40.5 Å². The lowest BCUT2D eigenvalue weighted by atomic mass is 9.95. The molecule has 1 heterocycles. The van der Waals surface area contributed by atoms with E-state index in [1.807, 2.05) is 12.1 Å². The number of carbonyl (C=O) groups is 1. The Morgan fingerprint density at radius 2 is 2.24 bits per heavy atom. The molecule has 0 spiro atoms. The molecule has 0 saturated carbocycles. The fourth-order valence-electron chi connectivity index (χ4n) is 2.64. The zero-order chi connectivity index (χ0) is 12.6. The summed E-state index contributed by atoms with van der Waals surface area (Å²) in [6.45, 7) is 6.69. The van der Waals surface area contributed by atoms with Crippen LogP contribution in [0.15, 0.2) is 18.2 Å².